The molecule has 0 saturated carbocycles. The molecule has 0 amide bonds. The molecule has 2 aromatic rings. The van der Waals surface area contributed by atoms with E-state index in [1.165, 1.54) is 23.1 Å². The molecule has 2 unspecified atom stereocenters. The smallest absolute Gasteiger partial charge is 0.126 e. The third kappa shape index (κ3) is 9.08. The largest absolute Gasteiger partial charge is 0.300 e. The SMILES string of the molecule is CC(CCc1ccc(C(C)(C)C)cc1)CCC(Cc1ccccc1)ON1C=C(Br)NN(Br)C1. The highest BCUT2D eigenvalue weighted by atomic mass is 79.9. The molecule has 1 aliphatic heterocycles. The van der Waals surface area contributed by atoms with E-state index in [1.807, 2.05) is 15.3 Å². The summed E-state index contributed by atoms with van der Waals surface area (Å²) in [5.41, 5.74) is 7.48. The fourth-order valence-electron chi connectivity index (χ4n) is 3.99. The fourth-order valence-corrected chi connectivity index (χ4v) is 5.09. The summed E-state index contributed by atoms with van der Waals surface area (Å²) in [6.07, 6.45) is 7.46. The average Bonchev–Trinajstić information content (AvgIpc) is 2.76. The number of hydrogen-bond acceptors (Lipinski definition) is 4. The molecule has 0 spiro atoms. The minimum absolute atomic E-state index is 0.122. The van der Waals surface area contributed by atoms with Gasteiger partial charge < -0.3 is 0 Å². The second-order valence-electron chi connectivity index (χ2n) is 10.1. The van der Waals surface area contributed by atoms with Gasteiger partial charge in [-0.05, 0) is 69.6 Å². The summed E-state index contributed by atoms with van der Waals surface area (Å²) in [5, 5.41) is 1.88. The highest BCUT2D eigenvalue weighted by molar-refractivity contribution is 9.11. The van der Waals surface area contributed by atoms with Crippen LogP contribution in [0, 0.1) is 5.92 Å². The maximum Gasteiger partial charge on any atom is 0.126 e. The first-order valence-corrected chi connectivity index (χ1v) is 13.3. The van der Waals surface area contributed by atoms with Crippen molar-refractivity contribution in [3.05, 3.63) is 82.1 Å². The Morgan fingerprint density at radius 2 is 1.67 bits per heavy atom. The highest BCUT2D eigenvalue weighted by Crippen LogP contribution is 2.24. The van der Waals surface area contributed by atoms with Crippen LogP contribution in [0.4, 0.5) is 0 Å². The van der Waals surface area contributed by atoms with Crippen LogP contribution in [0.25, 0.3) is 0 Å². The number of halogens is 2. The van der Waals surface area contributed by atoms with Gasteiger partial charge in [-0.2, -0.15) is 0 Å². The predicted molar refractivity (Wildman–Crippen MR) is 144 cm³/mol. The first-order valence-electron chi connectivity index (χ1n) is 11.8. The van der Waals surface area contributed by atoms with Crippen molar-refractivity contribution in [3.8, 4) is 0 Å². The molecule has 1 N–H and O–H groups in total. The standard InChI is InChI=1S/C27H37Br2N3O/c1-21(10-12-22-13-15-24(16-14-22)27(2,3)4)11-17-25(18-23-8-6-5-7-9-23)33-31-19-26(28)30-32(29)20-31/h5-9,13-16,19,21,25,30H,10-12,17-18,20H2,1-4H3. The molecule has 0 bridgehead atoms. The van der Waals surface area contributed by atoms with Crippen LogP contribution in [0.1, 0.15) is 63.6 Å². The molecule has 0 fully saturated rings. The van der Waals surface area contributed by atoms with E-state index in [9.17, 15) is 0 Å². The number of hydroxylamine groups is 2. The zero-order chi connectivity index (χ0) is 23.8. The number of nitrogens with one attached hydrogen (secondary N) is 1. The van der Waals surface area contributed by atoms with Gasteiger partial charge in [0.2, 0.25) is 0 Å². The molecule has 6 heteroatoms. The van der Waals surface area contributed by atoms with Gasteiger partial charge in [0.05, 0.1) is 12.3 Å². The quantitative estimate of drug-likeness (QED) is 0.234. The summed E-state index contributed by atoms with van der Waals surface area (Å²) in [7, 11) is 0. The third-order valence-corrected chi connectivity index (χ3v) is 6.85. The van der Waals surface area contributed by atoms with E-state index in [2.05, 4.69) is 120 Å². The van der Waals surface area contributed by atoms with Crippen molar-refractivity contribution in [1.29, 1.82) is 0 Å². The van der Waals surface area contributed by atoms with Crippen molar-refractivity contribution in [2.24, 2.45) is 5.92 Å². The molecule has 0 radical (unpaired) electrons. The lowest BCUT2D eigenvalue weighted by atomic mass is 9.86. The van der Waals surface area contributed by atoms with Gasteiger partial charge in [-0.1, -0.05) is 82.3 Å². The molecule has 33 heavy (non-hydrogen) atoms. The van der Waals surface area contributed by atoms with Crippen LogP contribution in [-0.2, 0) is 23.1 Å². The Morgan fingerprint density at radius 1 is 0.970 bits per heavy atom. The van der Waals surface area contributed by atoms with Crippen molar-refractivity contribution in [2.45, 2.75) is 71.3 Å². The maximum atomic E-state index is 6.41. The number of nitrogens with zero attached hydrogens (tertiary/aromatic N) is 2. The fraction of sp³-hybridized carbons (Fsp3) is 0.481. The van der Waals surface area contributed by atoms with Crippen molar-refractivity contribution in [3.63, 3.8) is 0 Å². The Bertz CT molecular complexity index is 880. The molecule has 0 aliphatic carbocycles. The predicted octanol–water partition coefficient (Wildman–Crippen LogP) is 7.46. The van der Waals surface area contributed by atoms with E-state index in [1.54, 1.807) is 0 Å². The molecule has 0 saturated heterocycles. The second kappa shape index (κ2) is 12.4. The van der Waals surface area contributed by atoms with Gasteiger partial charge in [-0.3, -0.25) is 10.3 Å². The van der Waals surface area contributed by atoms with Crippen LogP contribution < -0.4 is 5.43 Å². The molecule has 2 aromatic carbocycles. The Balaban J connectivity index is 1.53. The van der Waals surface area contributed by atoms with E-state index in [4.69, 9.17) is 4.84 Å². The molecule has 2 atom stereocenters. The molecule has 180 valence electrons. The van der Waals surface area contributed by atoms with E-state index >= 15 is 0 Å². The Morgan fingerprint density at radius 3 is 2.30 bits per heavy atom. The minimum Gasteiger partial charge on any atom is -0.300 e. The normalized spacial score (nSPS) is 16.8. The molecule has 1 heterocycles. The van der Waals surface area contributed by atoms with Crippen LogP contribution in [-0.4, -0.2) is 21.9 Å². The van der Waals surface area contributed by atoms with Crippen molar-refractivity contribution < 1.29 is 4.84 Å². The average molecular weight is 579 g/mol. The zero-order valence-corrected chi connectivity index (χ0v) is 23.4. The van der Waals surface area contributed by atoms with Gasteiger partial charge >= 0.3 is 0 Å². The van der Waals surface area contributed by atoms with Gasteiger partial charge in [-0.25, -0.2) is 5.06 Å². The van der Waals surface area contributed by atoms with Gasteiger partial charge in [0.15, 0.2) is 0 Å². The molecular weight excluding hydrogens is 542 g/mol. The monoisotopic (exact) mass is 577 g/mol. The van der Waals surface area contributed by atoms with Crippen LogP contribution in [0.3, 0.4) is 0 Å². The van der Waals surface area contributed by atoms with E-state index in [-0.39, 0.29) is 11.5 Å². The highest BCUT2D eigenvalue weighted by Gasteiger charge is 2.20. The molecule has 4 nitrogen and oxygen atoms in total. The lowest BCUT2D eigenvalue weighted by Gasteiger charge is -2.33. The maximum absolute atomic E-state index is 6.41. The van der Waals surface area contributed by atoms with Gasteiger partial charge in [0.1, 0.15) is 11.3 Å². The Labute approximate surface area is 216 Å². The number of benzene rings is 2. The molecule has 3 rings (SSSR count). The van der Waals surface area contributed by atoms with Crippen LogP contribution in [0.5, 0.6) is 0 Å². The van der Waals surface area contributed by atoms with E-state index < -0.39 is 0 Å². The van der Waals surface area contributed by atoms with Crippen LogP contribution in [0.2, 0.25) is 0 Å². The Hall–Kier alpha value is -1.34. The molecule has 0 aromatic heterocycles. The number of hydrazine groups is 1. The Kier molecular flexibility index (Phi) is 9.86. The van der Waals surface area contributed by atoms with Crippen LogP contribution in [0.15, 0.2) is 65.4 Å². The summed E-state index contributed by atoms with van der Waals surface area (Å²) in [6.45, 7) is 9.76. The lowest BCUT2D eigenvalue weighted by molar-refractivity contribution is -0.185. The summed E-state index contributed by atoms with van der Waals surface area (Å²) in [6, 6.07) is 19.8. The second-order valence-corrected chi connectivity index (χ2v) is 11.8. The van der Waals surface area contributed by atoms with E-state index in [0.29, 0.717) is 12.6 Å². The van der Waals surface area contributed by atoms with E-state index in [0.717, 1.165) is 30.3 Å². The topological polar surface area (TPSA) is 27.7 Å². The molecule has 1 aliphatic rings. The van der Waals surface area contributed by atoms with Crippen molar-refractivity contribution in [2.75, 3.05) is 6.67 Å². The van der Waals surface area contributed by atoms with Crippen molar-refractivity contribution >= 4 is 32.1 Å². The summed E-state index contributed by atoms with van der Waals surface area (Å²) in [5.74, 6) is 0.646. The van der Waals surface area contributed by atoms with Crippen LogP contribution >= 0.6 is 32.1 Å². The summed E-state index contributed by atoms with van der Waals surface area (Å²) >= 11 is 6.98. The number of rotatable bonds is 10. The van der Waals surface area contributed by atoms with Gasteiger partial charge in [0.25, 0.3) is 0 Å². The minimum atomic E-state index is 0.122. The third-order valence-electron chi connectivity index (χ3n) is 6.07. The molecular formula is C27H37Br2N3O. The number of hydrogen-bond donors (Lipinski definition) is 1. The van der Waals surface area contributed by atoms with Crippen molar-refractivity contribution in [1.82, 2.24) is 14.5 Å². The zero-order valence-electron chi connectivity index (χ0n) is 20.2. The first kappa shape index (κ1) is 26.3. The summed E-state index contributed by atoms with van der Waals surface area (Å²) in [4.78, 5) is 6.41. The van der Waals surface area contributed by atoms with Gasteiger partial charge in [0, 0.05) is 22.6 Å². The first-order chi connectivity index (χ1) is 15.7. The summed E-state index contributed by atoms with van der Waals surface area (Å²) < 4.78 is 2.67. The van der Waals surface area contributed by atoms with Gasteiger partial charge in [-0.15, -0.1) is 4.03 Å². The number of aryl methyl sites for hydroxylation is 1. The lowest BCUT2D eigenvalue weighted by Crippen LogP contribution is -2.43.